The van der Waals surface area contributed by atoms with Gasteiger partial charge in [-0.3, -0.25) is 9.59 Å². The van der Waals surface area contributed by atoms with E-state index in [0.717, 1.165) is 37.9 Å². The lowest BCUT2D eigenvalue weighted by atomic mass is 9.77. The van der Waals surface area contributed by atoms with Crippen molar-refractivity contribution in [3.8, 4) is 0 Å². The maximum absolute atomic E-state index is 11.9. The summed E-state index contributed by atoms with van der Waals surface area (Å²) in [6.45, 7) is 0.648. The third-order valence-corrected chi connectivity index (χ3v) is 4.56. The Bertz CT molecular complexity index is 299. The average molecular weight is 287 g/mol. The maximum atomic E-state index is 11.9. The summed E-state index contributed by atoms with van der Waals surface area (Å²) in [7, 11) is 0. The monoisotopic (exact) mass is 287 g/mol. The number of rotatable bonds is 7. The van der Waals surface area contributed by atoms with Crippen molar-refractivity contribution in [3.63, 3.8) is 0 Å². The van der Waals surface area contributed by atoms with Crippen LogP contribution in [0.1, 0.15) is 51.4 Å². The standard InChI is InChI=1S/C14H25NO3S/c1-19-10-6-9-15-12(16)11-14(13(17)18)7-4-2-3-5-8-14/h2-11H2,1H3,(H,15,16)(H,17,18). The molecule has 0 aromatic carbocycles. The zero-order valence-electron chi connectivity index (χ0n) is 11.7. The first-order valence-corrected chi connectivity index (χ1v) is 8.49. The molecule has 0 atom stereocenters. The fraction of sp³-hybridized carbons (Fsp3) is 0.857. The van der Waals surface area contributed by atoms with E-state index >= 15 is 0 Å². The van der Waals surface area contributed by atoms with Crippen molar-refractivity contribution in [1.29, 1.82) is 0 Å². The van der Waals surface area contributed by atoms with Crippen molar-refractivity contribution in [2.45, 2.75) is 51.4 Å². The summed E-state index contributed by atoms with van der Waals surface area (Å²) in [6, 6.07) is 0. The molecule has 1 rings (SSSR count). The molecule has 1 aliphatic rings. The number of nitrogens with one attached hydrogen (secondary N) is 1. The van der Waals surface area contributed by atoms with E-state index in [-0.39, 0.29) is 12.3 Å². The van der Waals surface area contributed by atoms with Gasteiger partial charge < -0.3 is 10.4 Å². The molecule has 110 valence electrons. The van der Waals surface area contributed by atoms with Gasteiger partial charge in [-0.2, -0.15) is 11.8 Å². The van der Waals surface area contributed by atoms with Crippen LogP contribution in [-0.4, -0.2) is 35.5 Å². The highest BCUT2D eigenvalue weighted by atomic mass is 32.2. The predicted molar refractivity (Wildman–Crippen MR) is 78.4 cm³/mol. The molecule has 0 saturated heterocycles. The van der Waals surface area contributed by atoms with Gasteiger partial charge in [0, 0.05) is 13.0 Å². The van der Waals surface area contributed by atoms with E-state index < -0.39 is 11.4 Å². The van der Waals surface area contributed by atoms with E-state index in [1.165, 1.54) is 0 Å². The first kappa shape index (κ1) is 16.3. The molecule has 0 spiro atoms. The van der Waals surface area contributed by atoms with Gasteiger partial charge in [0.2, 0.25) is 5.91 Å². The van der Waals surface area contributed by atoms with Crippen molar-refractivity contribution < 1.29 is 14.7 Å². The molecular formula is C14H25NO3S. The van der Waals surface area contributed by atoms with Gasteiger partial charge >= 0.3 is 5.97 Å². The van der Waals surface area contributed by atoms with Gasteiger partial charge in [-0.05, 0) is 31.3 Å². The molecule has 1 amide bonds. The van der Waals surface area contributed by atoms with Crippen molar-refractivity contribution in [1.82, 2.24) is 5.32 Å². The fourth-order valence-electron chi connectivity index (χ4n) is 2.69. The number of hydrogen-bond donors (Lipinski definition) is 2. The van der Waals surface area contributed by atoms with Gasteiger partial charge in [-0.25, -0.2) is 0 Å². The van der Waals surface area contributed by atoms with Crippen LogP contribution in [0.2, 0.25) is 0 Å². The Morgan fingerprint density at radius 3 is 2.37 bits per heavy atom. The largest absolute Gasteiger partial charge is 0.481 e. The molecule has 0 aromatic rings. The van der Waals surface area contributed by atoms with Gasteiger partial charge in [-0.15, -0.1) is 0 Å². The molecule has 0 bridgehead atoms. The number of hydrogen-bond acceptors (Lipinski definition) is 3. The van der Waals surface area contributed by atoms with Gasteiger partial charge in [0.15, 0.2) is 0 Å². The quantitative estimate of drug-likeness (QED) is 0.558. The van der Waals surface area contributed by atoms with E-state index in [1.807, 2.05) is 6.26 Å². The Balaban J connectivity index is 2.48. The number of carboxylic acid groups (broad SMARTS) is 1. The molecule has 0 heterocycles. The minimum atomic E-state index is -0.819. The van der Waals surface area contributed by atoms with Gasteiger partial charge in [0.25, 0.3) is 0 Å². The van der Waals surface area contributed by atoms with Crippen LogP contribution in [0.3, 0.4) is 0 Å². The lowest BCUT2D eigenvalue weighted by molar-refractivity contribution is -0.152. The smallest absolute Gasteiger partial charge is 0.310 e. The van der Waals surface area contributed by atoms with Crippen molar-refractivity contribution in [2.75, 3.05) is 18.6 Å². The summed E-state index contributed by atoms with van der Waals surface area (Å²) < 4.78 is 0. The Labute approximate surface area is 119 Å². The lowest BCUT2D eigenvalue weighted by Crippen LogP contribution is -2.37. The molecule has 2 N–H and O–H groups in total. The highest BCUT2D eigenvalue weighted by Gasteiger charge is 2.40. The van der Waals surface area contributed by atoms with Gasteiger partial charge in [0.05, 0.1) is 5.41 Å². The first-order valence-electron chi connectivity index (χ1n) is 7.10. The van der Waals surface area contributed by atoms with Crippen LogP contribution in [0, 0.1) is 5.41 Å². The summed E-state index contributed by atoms with van der Waals surface area (Å²) in [6.07, 6.45) is 8.41. The van der Waals surface area contributed by atoms with Crippen molar-refractivity contribution in [2.24, 2.45) is 5.41 Å². The Morgan fingerprint density at radius 1 is 1.21 bits per heavy atom. The van der Waals surface area contributed by atoms with E-state index in [0.29, 0.717) is 19.4 Å². The fourth-order valence-corrected chi connectivity index (χ4v) is 3.12. The molecule has 0 radical (unpaired) electrons. The van der Waals surface area contributed by atoms with Crippen LogP contribution in [0.5, 0.6) is 0 Å². The molecule has 0 aromatic heterocycles. The molecule has 0 aliphatic heterocycles. The Kier molecular flexibility index (Phi) is 7.28. The summed E-state index contributed by atoms with van der Waals surface area (Å²) >= 11 is 1.75. The van der Waals surface area contributed by atoms with Crippen LogP contribution in [0.15, 0.2) is 0 Å². The summed E-state index contributed by atoms with van der Waals surface area (Å²) in [5, 5.41) is 12.3. The minimum absolute atomic E-state index is 0.106. The van der Waals surface area contributed by atoms with E-state index in [1.54, 1.807) is 11.8 Å². The van der Waals surface area contributed by atoms with Crippen LogP contribution in [0.25, 0.3) is 0 Å². The molecule has 5 heteroatoms. The predicted octanol–water partition coefficient (Wildman–Crippen LogP) is 2.67. The van der Waals surface area contributed by atoms with E-state index in [2.05, 4.69) is 5.32 Å². The molecule has 4 nitrogen and oxygen atoms in total. The molecular weight excluding hydrogens is 262 g/mol. The second-order valence-electron chi connectivity index (χ2n) is 5.37. The SMILES string of the molecule is CSCCCNC(=O)CC1(C(=O)O)CCCCCC1. The number of carbonyl (C=O) groups excluding carboxylic acids is 1. The number of carboxylic acids is 1. The van der Waals surface area contributed by atoms with Gasteiger partial charge in [0.1, 0.15) is 0 Å². The van der Waals surface area contributed by atoms with Crippen LogP contribution in [0.4, 0.5) is 0 Å². The Morgan fingerprint density at radius 2 is 1.84 bits per heavy atom. The summed E-state index contributed by atoms with van der Waals surface area (Å²) in [5.41, 5.74) is -0.819. The summed E-state index contributed by atoms with van der Waals surface area (Å²) in [5.74, 6) is 0.115. The summed E-state index contributed by atoms with van der Waals surface area (Å²) in [4.78, 5) is 23.5. The number of aliphatic carboxylic acids is 1. The third-order valence-electron chi connectivity index (χ3n) is 3.86. The zero-order valence-corrected chi connectivity index (χ0v) is 12.6. The molecule has 1 aliphatic carbocycles. The first-order chi connectivity index (χ1) is 9.10. The third kappa shape index (κ3) is 5.43. The lowest BCUT2D eigenvalue weighted by Gasteiger charge is -2.27. The molecule has 1 saturated carbocycles. The van der Waals surface area contributed by atoms with Crippen LogP contribution >= 0.6 is 11.8 Å². The maximum Gasteiger partial charge on any atom is 0.310 e. The van der Waals surface area contributed by atoms with Gasteiger partial charge in [-0.1, -0.05) is 25.7 Å². The second kappa shape index (κ2) is 8.46. The van der Waals surface area contributed by atoms with Crippen LogP contribution in [-0.2, 0) is 9.59 Å². The van der Waals surface area contributed by atoms with E-state index in [4.69, 9.17) is 0 Å². The zero-order chi connectivity index (χ0) is 14.1. The molecule has 1 fully saturated rings. The topological polar surface area (TPSA) is 66.4 Å². The molecule has 19 heavy (non-hydrogen) atoms. The normalized spacial score (nSPS) is 18.6. The van der Waals surface area contributed by atoms with E-state index in [9.17, 15) is 14.7 Å². The highest BCUT2D eigenvalue weighted by Crippen LogP contribution is 2.38. The number of carbonyl (C=O) groups is 2. The van der Waals surface area contributed by atoms with Crippen molar-refractivity contribution in [3.05, 3.63) is 0 Å². The highest BCUT2D eigenvalue weighted by molar-refractivity contribution is 7.98. The molecule has 0 unspecified atom stereocenters. The second-order valence-corrected chi connectivity index (χ2v) is 6.36. The average Bonchev–Trinajstić information content (AvgIpc) is 2.61. The number of thioether (sulfide) groups is 1. The van der Waals surface area contributed by atoms with Crippen LogP contribution < -0.4 is 5.32 Å². The Hall–Kier alpha value is -0.710. The number of amides is 1. The van der Waals surface area contributed by atoms with Crippen molar-refractivity contribution >= 4 is 23.6 Å². The minimum Gasteiger partial charge on any atom is -0.481 e.